The van der Waals surface area contributed by atoms with Crippen LogP contribution in [0.15, 0.2) is 33.5 Å². The molecular formula is C18H20O6. The van der Waals surface area contributed by atoms with E-state index in [1.54, 1.807) is 0 Å². The second kappa shape index (κ2) is 7.68. The van der Waals surface area contributed by atoms with Crippen LogP contribution in [0.25, 0.3) is 0 Å². The number of aryl methyl sites for hydroxylation is 1. The highest BCUT2D eigenvalue weighted by atomic mass is 16.4. The van der Waals surface area contributed by atoms with Gasteiger partial charge in [0.25, 0.3) is 0 Å². The molecule has 0 amide bonds. The summed E-state index contributed by atoms with van der Waals surface area (Å²) in [6, 6.07) is 4.66. The van der Waals surface area contributed by atoms with Gasteiger partial charge in [-0.05, 0) is 24.5 Å². The minimum Gasteiger partial charge on any atom is -0.508 e. The van der Waals surface area contributed by atoms with E-state index in [2.05, 4.69) is 6.92 Å². The first-order valence-corrected chi connectivity index (χ1v) is 7.81. The predicted molar refractivity (Wildman–Crippen MR) is 87.7 cm³/mol. The van der Waals surface area contributed by atoms with Crippen molar-refractivity contribution >= 4 is 5.78 Å². The van der Waals surface area contributed by atoms with Crippen molar-refractivity contribution in [3.63, 3.8) is 0 Å². The van der Waals surface area contributed by atoms with Crippen molar-refractivity contribution in [2.24, 2.45) is 0 Å². The van der Waals surface area contributed by atoms with E-state index in [4.69, 9.17) is 4.42 Å². The Bertz CT molecular complexity index is 791. The summed E-state index contributed by atoms with van der Waals surface area (Å²) in [6.45, 7) is 2.05. The normalized spacial score (nSPS) is 10.7. The second-order valence-corrected chi connectivity index (χ2v) is 5.66. The summed E-state index contributed by atoms with van der Waals surface area (Å²) in [7, 11) is 0. The zero-order valence-corrected chi connectivity index (χ0v) is 13.4. The van der Waals surface area contributed by atoms with Crippen LogP contribution in [0.5, 0.6) is 17.2 Å². The lowest BCUT2D eigenvalue weighted by Crippen LogP contribution is -2.10. The molecule has 2 aromatic rings. The lowest BCUT2D eigenvalue weighted by molar-refractivity contribution is 0.0982. The van der Waals surface area contributed by atoms with Crippen molar-refractivity contribution in [3.05, 3.63) is 51.6 Å². The van der Waals surface area contributed by atoms with E-state index in [0.717, 1.165) is 31.4 Å². The third-order valence-electron chi connectivity index (χ3n) is 3.65. The highest BCUT2D eigenvalue weighted by molar-refractivity contribution is 6.01. The Morgan fingerprint density at radius 2 is 1.75 bits per heavy atom. The van der Waals surface area contributed by atoms with E-state index in [0.29, 0.717) is 12.0 Å². The van der Waals surface area contributed by atoms with Crippen LogP contribution in [0.4, 0.5) is 0 Å². The molecule has 6 nitrogen and oxygen atoms in total. The van der Waals surface area contributed by atoms with Crippen molar-refractivity contribution in [1.82, 2.24) is 0 Å². The van der Waals surface area contributed by atoms with E-state index in [9.17, 15) is 24.9 Å². The van der Waals surface area contributed by atoms with Crippen molar-refractivity contribution < 1.29 is 24.5 Å². The highest BCUT2D eigenvalue weighted by Gasteiger charge is 2.19. The molecule has 1 heterocycles. The largest absolute Gasteiger partial charge is 0.508 e. The maximum Gasteiger partial charge on any atom is 0.339 e. The van der Waals surface area contributed by atoms with Crippen LogP contribution in [-0.2, 0) is 12.8 Å². The lowest BCUT2D eigenvalue weighted by Gasteiger charge is -2.11. The number of phenolic OH excluding ortho intramolecular Hbond substituents is 2. The Hall–Kier alpha value is -2.76. The molecule has 0 saturated heterocycles. The van der Waals surface area contributed by atoms with Gasteiger partial charge in [0, 0.05) is 12.1 Å². The molecule has 2 rings (SSSR count). The zero-order chi connectivity index (χ0) is 17.7. The molecule has 6 heteroatoms. The number of unbranched alkanes of at least 4 members (excludes halogenated alkanes) is 2. The Morgan fingerprint density at radius 1 is 1.04 bits per heavy atom. The van der Waals surface area contributed by atoms with Gasteiger partial charge in [-0.15, -0.1) is 0 Å². The number of hydrogen-bond donors (Lipinski definition) is 3. The molecule has 0 bridgehead atoms. The fourth-order valence-electron chi connectivity index (χ4n) is 2.60. The van der Waals surface area contributed by atoms with Crippen LogP contribution in [0.3, 0.4) is 0 Å². The van der Waals surface area contributed by atoms with Crippen LogP contribution < -0.4 is 5.63 Å². The van der Waals surface area contributed by atoms with Crippen molar-refractivity contribution in [3.8, 4) is 17.2 Å². The third-order valence-corrected chi connectivity index (χ3v) is 3.65. The van der Waals surface area contributed by atoms with Crippen LogP contribution in [0.2, 0.25) is 0 Å². The topological polar surface area (TPSA) is 108 Å². The van der Waals surface area contributed by atoms with Gasteiger partial charge >= 0.3 is 5.63 Å². The first kappa shape index (κ1) is 17.6. The number of ketones is 1. The van der Waals surface area contributed by atoms with Gasteiger partial charge < -0.3 is 19.7 Å². The van der Waals surface area contributed by atoms with Crippen molar-refractivity contribution in [2.75, 3.05) is 0 Å². The molecule has 0 aliphatic rings. The molecule has 3 N–H and O–H groups in total. The fourth-order valence-corrected chi connectivity index (χ4v) is 2.60. The van der Waals surface area contributed by atoms with Crippen molar-refractivity contribution in [2.45, 2.75) is 39.0 Å². The summed E-state index contributed by atoms with van der Waals surface area (Å²) in [4.78, 5) is 23.8. The molecular weight excluding hydrogens is 312 g/mol. The minimum absolute atomic E-state index is 0.0111. The Labute approximate surface area is 139 Å². The van der Waals surface area contributed by atoms with Gasteiger partial charge in [0.05, 0.1) is 18.1 Å². The van der Waals surface area contributed by atoms with Crippen LogP contribution in [0, 0.1) is 0 Å². The monoisotopic (exact) mass is 332 g/mol. The molecule has 128 valence electrons. The molecule has 0 spiro atoms. The molecule has 24 heavy (non-hydrogen) atoms. The third kappa shape index (κ3) is 4.38. The van der Waals surface area contributed by atoms with E-state index in [-0.39, 0.29) is 35.0 Å². The first-order valence-electron chi connectivity index (χ1n) is 7.81. The first-order chi connectivity index (χ1) is 11.4. The zero-order valence-electron chi connectivity index (χ0n) is 13.4. The summed E-state index contributed by atoms with van der Waals surface area (Å²) >= 11 is 0. The number of Topliss-reactive ketones (excluding diaryl/α,β-unsaturated/α-hetero) is 1. The maximum atomic E-state index is 12.5. The quantitative estimate of drug-likeness (QED) is 0.531. The molecule has 0 atom stereocenters. The number of hydrogen-bond acceptors (Lipinski definition) is 6. The molecule has 0 aliphatic heterocycles. The number of benzene rings is 1. The van der Waals surface area contributed by atoms with Gasteiger partial charge in [-0.3, -0.25) is 4.79 Å². The number of carbonyl (C=O) groups is 1. The maximum absolute atomic E-state index is 12.5. The number of phenols is 2. The highest BCUT2D eigenvalue weighted by Crippen LogP contribution is 2.30. The van der Waals surface area contributed by atoms with Gasteiger partial charge in [0.2, 0.25) is 0 Å². The lowest BCUT2D eigenvalue weighted by atomic mass is 9.95. The smallest absolute Gasteiger partial charge is 0.339 e. The van der Waals surface area contributed by atoms with Gasteiger partial charge in [0.15, 0.2) is 5.78 Å². The Morgan fingerprint density at radius 3 is 2.42 bits per heavy atom. The van der Waals surface area contributed by atoms with E-state index < -0.39 is 11.4 Å². The van der Waals surface area contributed by atoms with Crippen molar-refractivity contribution in [1.29, 1.82) is 0 Å². The van der Waals surface area contributed by atoms with Gasteiger partial charge in [0.1, 0.15) is 23.0 Å². The molecule has 1 aromatic carbocycles. The minimum atomic E-state index is -0.754. The molecule has 0 unspecified atom stereocenters. The van der Waals surface area contributed by atoms with Gasteiger partial charge in [-0.1, -0.05) is 19.8 Å². The van der Waals surface area contributed by atoms with Gasteiger partial charge in [-0.25, -0.2) is 4.79 Å². The molecule has 0 radical (unpaired) electrons. The average Bonchev–Trinajstić information content (AvgIpc) is 2.45. The molecule has 0 aliphatic carbocycles. The van der Waals surface area contributed by atoms with Crippen LogP contribution in [0.1, 0.15) is 47.9 Å². The summed E-state index contributed by atoms with van der Waals surface area (Å²) in [5, 5.41) is 29.1. The molecule has 0 fully saturated rings. The fraction of sp³-hybridized carbons (Fsp3) is 0.333. The summed E-state index contributed by atoms with van der Waals surface area (Å²) in [5.74, 6) is -1.15. The number of carbonyl (C=O) groups excluding carboxylic acids is 1. The van der Waals surface area contributed by atoms with E-state index >= 15 is 0 Å². The summed E-state index contributed by atoms with van der Waals surface area (Å²) < 4.78 is 4.88. The van der Waals surface area contributed by atoms with Gasteiger partial charge in [-0.2, -0.15) is 0 Å². The predicted octanol–water partition coefficient (Wildman–Crippen LogP) is 2.91. The van der Waals surface area contributed by atoms with Crippen LogP contribution in [-0.4, -0.2) is 21.1 Å². The Balaban J connectivity index is 2.31. The number of aromatic hydroxyl groups is 3. The number of rotatable bonds is 7. The Kier molecular flexibility index (Phi) is 5.63. The average molecular weight is 332 g/mol. The SMILES string of the molecule is CCCCCc1cc(O)cc(O)c1C(=O)Cc1cc(O)cc(=O)o1. The molecule has 0 saturated carbocycles. The molecule has 1 aromatic heterocycles. The standard InChI is InChI=1S/C18H20O6/c1-2-3-4-5-11-6-12(19)8-15(21)18(11)16(22)10-14-7-13(20)9-17(23)24-14/h6-9,19-21H,2-5,10H2,1H3. The van der Waals surface area contributed by atoms with E-state index in [1.807, 2.05) is 0 Å². The summed E-state index contributed by atoms with van der Waals surface area (Å²) in [5.41, 5.74) is -0.0979. The second-order valence-electron chi connectivity index (χ2n) is 5.66. The van der Waals surface area contributed by atoms with E-state index in [1.165, 1.54) is 12.1 Å². The summed E-state index contributed by atoms with van der Waals surface area (Å²) in [6.07, 6.45) is 3.05. The van der Waals surface area contributed by atoms with Crippen LogP contribution >= 0.6 is 0 Å².